The SMILES string of the molecule is CN1CCN(C(=O)c2cc3cc(N4CCN(CCCCc5c[nH]c6ccc(C#N)cc56)CC4)ccc3o2)CC1. The fraction of sp³-hybridized carbons (Fsp3) is 0.419. The first-order chi connectivity index (χ1) is 19.1. The molecule has 6 rings (SSSR count). The van der Waals surface area contributed by atoms with Crippen LogP contribution in [0, 0.1) is 11.3 Å². The maximum atomic E-state index is 12.9. The van der Waals surface area contributed by atoms with E-state index in [1.807, 2.05) is 35.2 Å². The highest BCUT2D eigenvalue weighted by atomic mass is 16.3. The molecule has 0 radical (unpaired) electrons. The summed E-state index contributed by atoms with van der Waals surface area (Å²) in [6.45, 7) is 8.49. The van der Waals surface area contributed by atoms with Crippen LogP contribution in [-0.4, -0.2) is 91.5 Å². The van der Waals surface area contributed by atoms with Crippen molar-refractivity contribution < 1.29 is 9.21 Å². The molecule has 2 aromatic heterocycles. The smallest absolute Gasteiger partial charge is 0.289 e. The Labute approximate surface area is 229 Å². The van der Waals surface area contributed by atoms with E-state index < -0.39 is 0 Å². The lowest BCUT2D eigenvalue weighted by molar-refractivity contribution is 0.0635. The van der Waals surface area contributed by atoms with Gasteiger partial charge in [-0.15, -0.1) is 0 Å². The van der Waals surface area contributed by atoms with E-state index in [2.05, 4.69) is 51.1 Å². The van der Waals surface area contributed by atoms with Crippen molar-refractivity contribution in [3.05, 3.63) is 65.5 Å². The summed E-state index contributed by atoms with van der Waals surface area (Å²) < 4.78 is 5.94. The van der Waals surface area contributed by atoms with Crippen molar-refractivity contribution in [2.45, 2.75) is 19.3 Å². The minimum absolute atomic E-state index is 0.00826. The average molecular weight is 525 g/mol. The van der Waals surface area contributed by atoms with E-state index in [0.717, 1.165) is 94.7 Å². The molecule has 202 valence electrons. The molecule has 0 saturated carbocycles. The second kappa shape index (κ2) is 11.1. The molecule has 2 aromatic carbocycles. The molecule has 0 unspecified atom stereocenters. The number of piperazine rings is 2. The van der Waals surface area contributed by atoms with E-state index in [4.69, 9.17) is 4.42 Å². The number of nitriles is 1. The number of carbonyl (C=O) groups is 1. The van der Waals surface area contributed by atoms with Crippen molar-refractivity contribution in [2.75, 3.05) is 70.9 Å². The standard InChI is InChI=1S/C31H36N6O2/c1-34-10-14-37(15-11-34)31(38)30-20-25-19-26(6-8-29(25)39-30)36-16-12-35(13-17-36)9-3-2-4-24-22-33-28-7-5-23(21-32)18-27(24)28/h5-8,18-20,22,33H,2-4,9-17H2,1H3. The molecular weight excluding hydrogens is 488 g/mol. The van der Waals surface area contributed by atoms with Gasteiger partial charge in [0, 0.05) is 80.5 Å². The van der Waals surface area contributed by atoms with Crippen LogP contribution in [0.5, 0.6) is 0 Å². The van der Waals surface area contributed by atoms with Crippen molar-refractivity contribution in [1.82, 2.24) is 19.7 Å². The first-order valence-corrected chi connectivity index (χ1v) is 14.1. The molecule has 39 heavy (non-hydrogen) atoms. The highest BCUT2D eigenvalue weighted by Crippen LogP contribution is 2.27. The number of furan rings is 1. The van der Waals surface area contributed by atoms with Gasteiger partial charge >= 0.3 is 0 Å². The lowest BCUT2D eigenvalue weighted by Crippen LogP contribution is -2.47. The third kappa shape index (κ3) is 5.51. The lowest BCUT2D eigenvalue weighted by Gasteiger charge is -2.36. The second-order valence-electron chi connectivity index (χ2n) is 10.9. The number of amides is 1. The number of aromatic nitrogens is 1. The Kier molecular flexibility index (Phi) is 7.27. The highest BCUT2D eigenvalue weighted by molar-refractivity contribution is 5.96. The van der Waals surface area contributed by atoms with Gasteiger partial charge in [-0.05, 0) is 80.9 Å². The Balaban J connectivity index is 0.989. The molecule has 4 heterocycles. The van der Waals surface area contributed by atoms with Crippen LogP contribution in [0.1, 0.15) is 34.5 Å². The van der Waals surface area contributed by atoms with Crippen molar-refractivity contribution in [1.29, 1.82) is 5.26 Å². The summed E-state index contributed by atoms with van der Waals surface area (Å²) in [5.41, 5.74) is 5.08. The number of unbranched alkanes of at least 4 members (excludes halogenated alkanes) is 1. The molecular formula is C31H36N6O2. The van der Waals surface area contributed by atoms with E-state index in [0.29, 0.717) is 11.3 Å². The number of fused-ring (bicyclic) bond motifs is 2. The summed E-state index contributed by atoms with van der Waals surface area (Å²) in [7, 11) is 2.09. The predicted molar refractivity (Wildman–Crippen MR) is 154 cm³/mol. The number of anilines is 1. The molecule has 2 aliphatic heterocycles. The zero-order valence-corrected chi connectivity index (χ0v) is 22.7. The normalized spacial score (nSPS) is 17.2. The van der Waals surface area contributed by atoms with Gasteiger partial charge in [-0.2, -0.15) is 5.26 Å². The predicted octanol–water partition coefficient (Wildman–Crippen LogP) is 4.32. The number of hydrogen-bond donors (Lipinski definition) is 1. The van der Waals surface area contributed by atoms with Crippen LogP contribution in [0.2, 0.25) is 0 Å². The van der Waals surface area contributed by atoms with E-state index in [-0.39, 0.29) is 5.91 Å². The molecule has 0 bridgehead atoms. The summed E-state index contributed by atoms with van der Waals surface area (Å²) in [4.78, 5) is 25.4. The third-order valence-electron chi connectivity index (χ3n) is 8.31. The summed E-state index contributed by atoms with van der Waals surface area (Å²) in [5, 5.41) is 11.4. The van der Waals surface area contributed by atoms with Gasteiger partial charge < -0.3 is 24.1 Å². The number of hydrogen-bond acceptors (Lipinski definition) is 6. The number of likely N-dealkylation sites (N-methyl/N-ethyl adjacent to an activating group) is 1. The topological polar surface area (TPSA) is 82.8 Å². The minimum atomic E-state index is -0.00826. The van der Waals surface area contributed by atoms with Crippen LogP contribution in [-0.2, 0) is 6.42 Å². The van der Waals surface area contributed by atoms with Gasteiger partial charge in [0.2, 0.25) is 0 Å². The first-order valence-electron chi connectivity index (χ1n) is 14.1. The van der Waals surface area contributed by atoms with Gasteiger partial charge in [-0.3, -0.25) is 9.69 Å². The number of nitrogens with zero attached hydrogens (tertiary/aromatic N) is 5. The molecule has 1 N–H and O–H groups in total. The molecule has 0 aliphatic carbocycles. The maximum Gasteiger partial charge on any atom is 0.289 e. The number of H-pyrrole nitrogens is 1. The van der Waals surface area contributed by atoms with Gasteiger partial charge in [-0.1, -0.05) is 0 Å². The van der Waals surface area contributed by atoms with Gasteiger partial charge in [0.15, 0.2) is 5.76 Å². The summed E-state index contributed by atoms with van der Waals surface area (Å²) in [6, 6.07) is 16.3. The van der Waals surface area contributed by atoms with Crippen molar-refractivity contribution in [2.24, 2.45) is 0 Å². The van der Waals surface area contributed by atoms with Crippen LogP contribution in [0.3, 0.4) is 0 Å². The number of nitrogens with one attached hydrogen (secondary N) is 1. The molecule has 2 saturated heterocycles. The fourth-order valence-electron chi connectivity index (χ4n) is 5.83. The van der Waals surface area contributed by atoms with Gasteiger partial charge in [-0.25, -0.2) is 0 Å². The number of aromatic amines is 1. The van der Waals surface area contributed by atoms with Crippen molar-refractivity contribution in [3.63, 3.8) is 0 Å². The molecule has 4 aromatic rings. The van der Waals surface area contributed by atoms with Gasteiger partial charge in [0.1, 0.15) is 5.58 Å². The second-order valence-corrected chi connectivity index (χ2v) is 10.9. The number of benzene rings is 2. The third-order valence-corrected chi connectivity index (χ3v) is 8.31. The largest absolute Gasteiger partial charge is 0.451 e. The number of carbonyl (C=O) groups excluding carboxylic acids is 1. The maximum absolute atomic E-state index is 12.9. The van der Waals surface area contributed by atoms with E-state index in [9.17, 15) is 10.1 Å². The minimum Gasteiger partial charge on any atom is -0.451 e. The van der Waals surface area contributed by atoms with Crippen molar-refractivity contribution >= 4 is 33.5 Å². The monoisotopic (exact) mass is 524 g/mol. The summed E-state index contributed by atoms with van der Waals surface area (Å²) in [6.07, 6.45) is 5.41. The quantitative estimate of drug-likeness (QED) is 0.363. The van der Waals surface area contributed by atoms with E-state index in [1.54, 1.807) is 0 Å². The summed E-state index contributed by atoms with van der Waals surface area (Å²) >= 11 is 0. The van der Waals surface area contributed by atoms with Gasteiger partial charge in [0.05, 0.1) is 11.6 Å². The molecule has 8 heteroatoms. The highest BCUT2D eigenvalue weighted by Gasteiger charge is 2.24. The molecule has 2 aliphatic rings. The zero-order chi connectivity index (χ0) is 26.8. The van der Waals surface area contributed by atoms with E-state index in [1.165, 1.54) is 16.6 Å². The molecule has 1 amide bonds. The Hall–Kier alpha value is -3.80. The molecule has 0 atom stereocenters. The van der Waals surface area contributed by atoms with Crippen LogP contribution in [0.15, 0.2) is 53.1 Å². The Morgan fingerprint density at radius 3 is 2.59 bits per heavy atom. The fourth-order valence-corrected chi connectivity index (χ4v) is 5.83. The van der Waals surface area contributed by atoms with Gasteiger partial charge in [0.25, 0.3) is 5.91 Å². The molecule has 0 spiro atoms. The Morgan fingerprint density at radius 1 is 0.974 bits per heavy atom. The van der Waals surface area contributed by atoms with Crippen molar-refractivity contribution in [3.8, 4) is 6.07 Å². The molecule has 2 fully saturated rings. The number of rotatable bonds is 7. The van der Waals surface area contributed by atoms with Crippen LogP contribution in [0.4, 0.5) is 5.69 Å². The lowest BCUT2D eigenvalue weighted by atomic mass is 10.1. The van der Waals surface area contributed by atoms with Crippen LogP contribution in [0.25, 0.3) is 21.9 Å². The van der Waals surface area contributed by atoms with Crippen LogP contribution < -0.4 is 4.90 Å². The summed E-state index contributed by atoms with van der Waals surface area (Å²) in [5.74, 6) is 0.431. The first kappa shape index (κ1) is 25.5. The zero-order valence-electron chi connectivity index (χ0n) is 22.7. The number of aryl methyl sites for hydroxylation is 1. The average Bonchev–Trinajstić information content (AvgIpc) is 3.59. The van der Waals surface area contributed by atoms with E-state index >= 15 is 0 Å². The molecule has 8 nitrogen and oxygen atoms in total. The Morgan fingerprint density at radius 2 is 1.79 bits per heavy atom. The van der Waals surface area contributed by atoms with Crippen LogP contribution >= 0.6 is 0 Å². The Bertz CT molecular complexity index is 1500.